The average molecular weight is 233 g/mol. The molecule has 2 saturated heterocycles. The van der Waals surface area contributed by atoms with E-state index in [2.05, 4.69) is 0 Å². The van der Waals surface area contributed by atoms with Crippen molar-refractivity contribution in [2.45, 2.75) is 25.1 Å². The van der Waals surface area contributed by atoms with Gasteiger partial charge in [0, 0.05) is 6.61 Å². The normalized spacial score (nSPS) is 26.2. The molecule has 1 aromatic rings. The van der Waals surface area contributed by atoms with Crippen LogP contribution in [-0.4, -0.2) is 36.3 Å². The first-order chi connectivity index (χ1) is 8.36. The second-order valence-corrected chi connectivity index (χ2v) is 4.45. The predicted molar refractivity (Wildman–Crippen MR) is 61.5 cm³/mol. The third-order valence-corrected chi connectivity index (χ3v) is 3.33. The van der Waals surface area contributed by atoms with Gasteiger partial charge < -0.3 is 9.47 Å². The molecule has 4 heteroatoms. The lowest BCUT2D eigenvalue weighted by atomic mass is 10.2. The molecule has 3 rings (SSSR count). The highest BCUT2D eigenvalue weighted by Crippen LogP contribution is 2.35. The molecule has 2 aliphatic rings. The number of benzene rings is 1. The van der Waals surface area contributed by atoms with E-state index in [0.717, 1.165) is 18.6 Å². The molecule has 2 aliphatic heterocycles. The number of fused-ring (bicyclic) bond motifs is 1. The van der Waals surface area contributed by atoms with E-state index in [9.17, 15) is 4.79 Å². The van der Waals surface area contributed by atoms with Crippen LogP contribution in [0.2, 0.25) is 0 Å². The van der Waals surface area contributed by atoms with Crippen molar-refractivity contribution in [3.05, 3.63) is 35.9 Å². The number of ether oxygens (including phenoxy) is 2. The van der Waals surface area contributed by atoms with Gasteiger partial charge in [-0.25, -0.2) is 4.79 Å². The smallest absolute Gasteiger partial charge is 0.410 e. The SMILES string of the molecule is O=C(OCc1ccccc1)N1C2CCOCC21. The molecule has 17 heavy (non-hydrogen) atoms. The minimum atomic E-state index is -0.214. The van der Waals surface area contributed by atoms with Crippen LogP contribution in [0, 0.1) is 0 Å². The molecule has 90 valence electrons. The Morgan fingerprint density at radius 2 is 2.18 bits per heavy atom. The third kappa shape index (κ3) is 2.13. The zero-order chi connectivity index (χ0) is 11.7. The van der Waals surface area contributed by atoms with Gasteiger partial charge in [0.1, 0.15) is 6.61 Å². The largest absolute Gasteiger partial charge is 0.445 e. The molecular weight excluding hydrogens is 218 g/mol. The lowest BCUT2D eigenvalue weighted by Crippen LogP contribution is -2.17. The summed E-state index contributed by atoms with van der Waals surface area (Å²) in [4.78, 5) is 13.6. The first-order valence-electron chi connectivity index (χ1n) is 5.93. The van der Waals surface area contributed by atoms with Crippen LogP contribution >= 0.6 is 0 Å². The van der Waals surface area contributed by atoms with Crippen LogP contribution in [0.1, 0.15) is 12.0 Å². The Balaban J connectivity index is 1.51. The molecule has 0 bridgehead atoms. The molecule has 0 aromatic heterocycles. The van der Waals surface area contributed by atoms with E-state index in [4.69, 9.17) is 9.47 Å². The van der Waals surface area contributed by atoms with Crippen molar-refractivity contribution in [3.8, 4) is 0 Å². The number of hydrogen-bond acceptors (Lipinski definition) is 3. The Bertz CT molecular complexity index is 394. The lowest BCUT2D eigenvalue weighted by Gasteiger charge is -2.06. The number of carbonyl (C=O) groups is 1. The van der Waals surface area contributed by atoms with Crippen molar-refractivity contribution in [1.29, 1.82) is 0 Å². The van der Waals surface area contributed by atoms with Crippen LogP contribution in [0.15, 0.2) is 30.3 Å². The molecule has 4 nitrogen and oxygen atoms in total. The summed E-state index contributed by atoms with van der Waals surface area (Å²) in [6.45, 7) is 1.76. The maximum absolute atomic E-state index is 11.8. The second-order valence-electron chi connectivity index (χ2n) is 4.45. The molecule has 1 amide bonds. The monoisotopic (exact) mass is 233 g/mol. The third-order valence-electron chi connectivity index (χ3n) is 3.33. The first-order valence-corrected chi connectivity index (χ1v) is 5.93. The molecule has 0 N–H and O–H groups in total. The van der Waals surface area contributed by atoms with E-state index in [1.165, 1.54) is 0 Å². The maximum atomic E-state index is 11.8. The molecule has 2 unspecified atom stereocenters. The number of hydrogen-bond donors (Lipinski definition) is 0. The minimum Gasteiger partial charge on any atom is -0.445 e. The van der Waals surface area contributed by atoms with E-state index in [1.807, 2.05) is 30.3 Å². The van der Waals surface area contributed by atoms with Crippen LogP contribution in [0.5, 0.6) is 0 Å². The summed E-state index contributed by atoms with van der Waals surface area (Å²) in [6.07, 6.45) is 0.722. The van der Waals surface area contributed by atoms with Crippen molar-refractivity contribution in [2.24, 2.45) is 0 Å². The van der Waals surface area contributed by atoms with Gasteiger partial charge in [-0.05, 0) is 12.0 Å². The highest BCUT2D eigenvalue weighted by molar-refractivity contribution is 5.72. The fourth-order valence-electron chi connectivity index (χ4n) is 2.33. The second kappa shape index (κ2) is 4.37. The van der Waals surface area contributed by atoms with Crippen LogP contribution in [-0.2, 0) is 16.1 Å². The summed E-state index contributed by atoms with van der Waals surface area (Å²) in [6, 6.07) is 10.3. The zero-order valence-electron chi connectivity index (χ0n) is 9.54. The van der Waals surface area contributed by atoms with Crippen molar-refractivity contribution < 1.29 is 14.3 Å². The minimum absolute atomic E-state index is 0.214. The molecule has 2 fully saturated rings. The Labute approximate surface area is 100 Å². The van der Waals surface area contributed by atoms with Gasteiger partial charge in [-0.2, -0.15) is 0 Å². The van der Waals surface area contributed by atoms with Crippen molar-refractivity contribution in [2.75, 3.05) is 13.2 Å². The Morgan fingerprint density at radius 1 is 1.35 bits per heavy atom. The lowest BCUT2D eigenvalue weighted by molar-refractivity contribution is 0.107. The van der Waals surface area contributed by atoms with Gasteiger partial charge in [0.25, 0.3) is 0 Å². The van der Waals surface area contributed by atoms with Crippen LogP contribution in [0.25, 0.3) is 0 Å². The Kier molecular flexibility index (Phi) is 2.73. The fraction of sp³-hybridized carbons (Fsp3) is 0.462. The van der Waals surface area contributed by atoms with Gasteiger partial charge in [0.15, 0.2) is 0 Å². The molecule has 2 atom stereocenters. The van der Waals surface area contributed by atoms with Crippen molar-refractivity contribution in [1.82, 2.24) is 4.90 Å². The topological polar surface area (TPSA) is 38.5 Å². The zero-order valence-corrected chi connectivity index (χ0v) is 9.54. The average Bonchev–Trinajstić information content (AvgIpc) is 3.11. The first kappa shape index (κ1) is 10.6. The molecule has 0 spiro atoms. The van der Waals surface area contributed by atoms with Crippen LogP contribution < -0.4 is 0 Å². The summed E-state index contributed by atoms with van der Waals surface area (Å²) in [5, 5.41) is 0. The summed E-state index contributed by atoms with van der Waals surface area (Å²) in [5.74, 6) is 0. The fourth-order valence-corrected chi connectivity index (χ4v) is 2.33. The van der Waals surface area contributed by atoms with Crippen molar-refractivity contribution in [3.63, 3.8) is 0 Å². The van der Waals surface area contributed by atoms with Gasteiger partial charge in [-0.1, -0.05) is 30.3 Å². The van der Waals surface area contributed by atoms with E-state index in [0.29, 0.717) is 19.3 Å². The summed E-state index contributed by atoms with van der Waals surface area (Å²) >= 11 is 0. The number of rotatable bonds is 2. The van der Waals surface area contributed by atoms with Gasteiger partial charge in [0.2, 0.25) is 0 Å². The molecule has 2 heterocycles. The molecule has 0 aliphatic carbocycles. The molecular formula is C13H15NO3. The highest BCUT2D eigenvalue weighted by Gasteiger charge is 2.53. The Morgan fingerprint density at radius 3 is 2.88 bits per heavy atom. The standard InChI is InChI=1S/C13H15NO3/c15-13(14-11-6-7-16-9-12(11)14)17-8-10-4-2-1-3-5-10/h1-5,11-12H,6-9H2. The van der Waals surface area contributed by atoms with Crippen LogP contribution in [0.3, 0.4) is 0 Å². The Hall–Kier alpha value is -1.55. The molecule has 1 aromatic carbocycles. The van der Waals surface area contributed by atoms with E-state index in [-0.39, 0.29) is 12.1 Å². The number of nitrogens with zero attached hydrogens (tertiary/aromatic N) is 1. The predicted octanol–water partition coefficient (Wildman–Crippen LogP) is 1.80. The highest BCUT2D eigenvalue weighted by atomic mass is 16.6. The van der Waals surface area contributed by atoms with Crippen molar-refractivity contribution >= 4 is 6.09 Å². The van der Waals surface area contributed by atoms with E-state index < -0.39 is 0 Å². The van der Waals surface area contributed by atoms with Gasteiger partial charge >= 0.3 is 6.09 Å². The van der Waals surface area contributed by atoms with Gasteiger partial charge in [-0.3, -0.25) is 4.90 Å². The molecule has 0 saturated carbocycles. The molecule has 0 radical (unpaired) electrons. The summed E-state index contributed by atoms with van der Waals surface area (Å²) in [5.41, 5.74) is 1.02. The van der Waals surface area contributed by atoms with Gasteiger partial charge in [0.05, 0.1) is 18.7 Å². The maximum Gasteiger partial charge on any atom is 0.410 e. The summed E-state index contributed by atoms with van der Waals surface area (Å²) in [7, 11) is 0. The van der Waals surface area contributed by atoms with Crippen LogP contribution in [0.4, 0.5) is 4.79 Å². The summed E-state index contributed by atoms with van der Waals surface area (Å²) < 4.78 is 10.6. The van der Waals surface area contributed by atoms with E-state index in [1.54, 1.807) is 4.90 Å². The van der Waals surface area contributed by atoms with E-state index >= 15 is 0 Å². The van der Waals surface area contributed by atoms with Gasteiger partial charge in [-0.15, -0.1) is 0 Å². The quantitative estimate of drug-likeness (QED) is 0.731. The number of amides is 1. The number of carbonyl (C=O) groups excluding carboxylic acids is 1.